The predicted molar refractivity (Wildman–Crippen MR) is 82.9 cm³/mol. The molecule has 0 aromatic heterocycles. The molecule has 1 rings (SSSR count). The summed E-state index contributed by atoms with van der Waals surface area (Å²) in [6.07, 6.45) is 18.7. The van der Waals surface area contributed by atoms with Crippen molar-refractivity contribution >= 4 is 7.14 Å². The van der Waals surface area contributed by atoms with Gasteiger partial charge in [-0.1, -0.05) is 70.8 Å². The summed E-state index contributed by atoms with van der Waals surface area (Å²) in [5.41, 5.74) is 0. The number of unbranched alkanes of at least 4 members (excludes halogenated alkanes) is 9. The van der Waals surface area contributed by atoms with Gasteiger partial charge < -0.3 is 4.57 Å². The summed E-state index contributed by atoms with van der Waals surface area (Å²) >= 11 is 0. The van der Waals surface area contributed by atoms with Gasteiger partial charge in [0.2, 0.25) is 0 Å². The van der Waals surface area contributed by atoms with Crippen LogP contribution >= 0.6 is 7.14 Å². The van der Waals surface area contributed by atoms with E-state index in [1.165, 1.54) is 64.2 Å². The third-order valence-corrected chi connectivity index (χ3v) is 6.78. The molecule has 0 radical (unpaired) electrons. The van der Waals surface area contributed by atoms with Gasteiger partial charge in [-0.25, -0.2) is 0 Å². The minimum Gasteiger partial charge on any atom is -0.319 e. The molecule has 18 heavy (non-hydrogen) atoms. The predicted octanol–water partition coefficient (Wildman–Crippen LogP) is 6.19. The third kappa shape index (κ3) is 7.41. The summed E-state index contributed by atoms with van der Waals surface area (Å²) in [6.45, 7) is 2.27. The highest BCUT2D eigenvalue weighted by atomic mass is 31.2. The summed E-state index contributed by atoms with van der Waals surface area (Å²) in [5, 5.41) is 0. The zero-order chi connectivity index (χ0) is 13.1. The molecule has 1 aliphatic heterocycles. The SMILES string of the molecule is CCCCCCCCCCCCP1(=O)C=CCC1. The monoisotopic (exact) mass is 270 g/mol. The minimum atomic E-state index is -1.82. The van der Waals surface area contributed by atoms with Gasteiger partial charge in [-0.05, 0) is 18.7 Å². The molecule has 0 aromatic rings. The van der Waals surface area contributed by atoms with Gasteiger partial charge in [0.05, 0.1) is 0 Å². The van der Waals surface area contributed by atoms with Crippen LogP contribution in [0.25, 0.3) is 0 Å². The maximum atomic E-state index is 12.2. The molecule has 0 amide bonds. The highest BCUT2D eigenvalue weighted by Crippen LogP contribution is 2.52. The lowest BCUT2D eigenvalue weighted by atomic mass is 10.1. The Morgan fingerprint density at radius 3 is 1.94 bits per heavy atom. The van der Waals surface area contributed by atoms with Crippen LogP contribution in [0, 0.1) is 0 Å². The van der Waals surface area contributed by atoms with Crippen LogP contribution in [0.2, 0.25) is 0 Å². The lowest BCUT2D eigenvalue weighted by Crippen LogP contribution is -1.89. The largest absolute Gasteiger partial charge is 0.319 e. The topological polar surface area (TPSA) is 17.1 Å². The first kappa shape index (κ1) is 16.0. The van der Waals surface area contributed by atoms with E-state index in [4.69, 9.17) is 0 Å². The quantitative estimate of drug-likeness (QED) is 0.323. The van der Waals surface area contributed by atoms with E-state index in [0.29, 0.717) is 0 Å². The van der Waals surface area contributed by atoms with Crippen LogP contribution in [-0.4, -0.2) is 12.3 Å². The third-order valence-electron chi connectivity index (χ3n) is 3.94. The van der Waals surface area contributed by atoms with Crippen molar-refractivity contribution in [2.24, 2.45) is 0 Å². The highest BCUT2D eigenvalue weighted by molar-refractivity contribution is 7.67. The van der Waals surface area contributed by atoms with E-state index in [9.17, 15) is 4.57 Å². The van der Waals surface area contributed by atoms with Gasteiger partial charge in [0.25, 0.3) is 0 Å². The summed E-state index contributed by atoms with van der Waals surface area (Å²) in [6, 6.07) is 0. The maximum absolute atomic E-state index is 12.2. The van der Waals surface area contributed by atoms with Crippen molar-refractivity contribution in [1.29, 1.82) is 0 Å². The zero-order valence-corrected chi connectivity index (χ0v) is 13.1. The highest BCUT2D eigenvalue weighted by Gasteiger charge is 2.20. The number of rotatable bonds is 11. The number of hydrogen-bond donors (Lipinski definition) is 0. The second-order valence-corrected chi connectivity index (χ2v) is 8.85. The van der Waals surface area contributed by atoms with Crippen LogP contribution < -0.4 is 0 Å². The Balaban J connectivity index is 1.81. The Labute approximate surface area is 114 Å². The van der Waals surface area contributed by atoms with E-state index in [1.54, 1.807) is 0 Å². The van der Waals surface area contributed by atoms with Gasteiger partial charge in [0.1, 0.15) is 7.14 Å². The van der Waals surface area contributed by atoms with Crippen molar-refractivity contribution in [2.75, 3.05) is 12.3 Å². The van der Waals surface area contributed by atoms with E-state index < -0.39 is 7.14 Å². The lowest BCUT2D eigenvalue weighted by Gasteiger charge is -2.08. The number of allylic oxidation sites excluding steroid dienone is 1. The van der Waals surface area contributed by atoms with Gasteiger partial charge in [-0.2, -0.15) is 0 Å². The van der Waals surface area contributed by atoms with Crippen LogP contribution in [0.4, 0.5) is 0 Å². The Bertz CT molecular complexity index is 270. The van der Waals surface area contributed by atoms with E-state index >= 15 is 0 Å². The molecule has 1 heterocycles. The first-order chi connectivity index (χ1) is 8.77. The first-order valence-electron chi connectivity index (χ1n) is 8.02. The molecule has 0 aliphatic carbocycles. The molecule has 0 bridgehead atoms. The van der Waals surface area contributed by atoms with Crippen LogP contribution in [0.1, 0.15) is 77.6 Å². The Morgan fingerprint density at radius 2 is 1.44 bits per heavy atom. The van der Waals surface area contributed by atoms with E-state index in [2.05, 4.69) is 13.0 Å². The van der Waals surface area contributed by atoms with E-state index in [0.717, 1.165) is 18.7 Å². The van der Waals surface area contributed by atoms with E-state index in [-0.39, 0.29) is 0 Å². The molecular formula is C16H31OP. The molecule has 106 valence electrons. The van der Waals surface area contributed by atoms with Crippen molar-refractivity contribution in [3.63, 3.8) is 0 Å². The van der Waals surface area contributed by atoms with Gasteiger partial charge in [0.15, 0.2) is 0 Å². The summed E-state index contributed by atoms with van der Waals surface area (Å²) in [5.74, 6) is 2.01. The summed E-state index contributed by atoms with van der Waals surface area (Å²) in [4.78, 5) is 0. The molecule has 0 N–H and O–H groups in total. The van der Waals surface area contributed by atoms with Gasteiger partial charge >= 0.3 is 0 Å². The van der Waals surface area contributed by atoms with Crippen molar-refractivity contribution in [3.05, 3.63) is 11.9 Å². The molecular weight excluding hydrogens is 239 g/mol. The van der Waals surface area contributed by atoms with Crippen molar-refractivity contribution in [3.8, 4) is 0 Å². The molecule has 0 aromatic carbocycles. The fraction of sp³-hybridized carbons (Fsp3) is 0.875. The molecule has 1 nitrogen and oxygen atoms in total. The molecule has 2 heteroatoms. The Morgan fingerprint density at radius 1 is 0.889 bits per heavy atom. The fourth-order valence-electron chi connectivity index (χ4n) is 2.69. The van der Waals surface area contributed by atoms with E-state index in [1.807, 2.05) is 5.82 Å². The Hall–Kier alpha value is -0.0300. The van der Waals surface area contributed by atoms with Gasteiger partial charge in [-0.3, -0.25) is 0 Å². The summed E-state index contributed by atoms with van der Waals surface area (Å²) < 4.78 is 12.2. The molecule has 1 unspecified atom stereocenters. The molecule has 1 aliphatic rings. The maximum Gasteiger partial charge on any atom is 0.108 e. The molecule has 0 saturated carbocycles. The molecule has 1 atom stereocenters. The normalized spacial score (nSPS) is 22.7. The minimum absolute atomic E-state index is 0.949. The van der Waals surface area contributed by atoms with Crippen LogP contribution in [0.3, 0.4) is 0 Å². The lowest BCUT2D eigenvalue weighted by molar-refractivity contribution is 0.557. The van der Waals surface area contributed by atoms with Crippen LogP contribution in [0.5, 0.6) is 0 Å². The second kappa shape index (κ2) is 9.84. The van der Waals surface area contributed by atoms with Crippen molar-refractivity contribution in [2.45, 2.75) is 77.6 Å². The summed E-state index contributed by atoms with van der Waals surface area (Å²) in [7, 11) is -1.82. The van der Waals surface area contributed by atoms with Crippen LogP contribution in [-0.2, 0) is 4.57 Å². The second-order valence-electron chi connectivity index (χ2n) is 5.76. The van der Waals surface area contributed by atoms with Gasteiger partial charge in [0, 0.05) is 12.3 Å². The zero-order valence-electron chi connectivity index (χ0n) is 12.2. The molecule has 0 saturated heterocycles. The standard InChI is InChI=1S/C16H31OP/c1-2-3-4-5-6-7-8-9-10-11-14-18(17)15-12-13-16-18/h12,15H,2-11,13-14,16H2,1H3. The first-order valence-corrected chi connectivity index (χ1v) is 10.2. The molecule has 0 spiro atoms. The van der Waals surface area contributed by atoms with Crippen LogP contribution in [0.15, 0.2) is 11.9 Å². The Kier molecular flexibility index (Phi) is 8.76. The average Bonchev–Trinajstić information content (AvgIpc) is 2.79. The van der Waals surface area contributed by atoms with Gasteiger partial charge in [-0.15, -0.1) is 0 Å². The molecule has 0 fully saturated rings. The van der Waals surface area contributed by atoms with Crippen molar-refractivity contribution in [1.82, 2.24) is 0 Å². The fourth-order valence-corrected chi connectivity index (χ4v) is 5.09. The number of hydrogen-bond acceptors (Lipinski definition) is 1. The smallest absolute Gasteiger partial charge is 0.108 e. The average molecular weight is 270 g/mol. The van der Waals surface area contributed by atoms with Crippen molar-refractivity contribution < 1.29 is 4.57 Å².